The summed E-state index contributed by atoms with van der Waals surface area (Å²) in [6.07, 6.45) is 18.5. The zero-order valence-corrected chi connectivity index (χ0v) is 77.5. The summed E-state index contributed by atoms with van der Waals surface area (Å²) in [5.41, 5.74) is 22.5. The molecule has 710 valence electrons. The Morgan fingerprint density at radius 1 is 0.727 bits per heavy atom. The van der Waals surface area contributed by atoms with E-state index in [9.17, 15) is 49.2 Å². The number of cyclic esters (lactones) is 1. The van der Waals surface area contributed by atoms with Crippen molar-refractivity contribution in [3.05, 3.63) is 142 Å². The number of oxime groups is 1. The molecular formula is C97H129N17O18. The third-order valence-corrected chi connectivity index (χ3v) is 27.4. The van der Waals surface area contributed by atoms with E-state index in [4.69, 9.17) is 64.2 Å². The summed E-state index contributed by atoms with van der Waals surface area (Å²) < 4.78 is 43.6. The monoisotopic (exact) mass is 1820 g/mol. The normalized spacial score (nSPS) is 28.5. The zero-order valence-electron chi connectivity index (χ0n) is 77.5. The van der Waals surface area contributed by atoms with Crippen LogP contribution in [-0.2, 0) is 89.7 Å². The molecule has 35 nitrogen and oxygen atoms in total. The molecule has 3 amide bonds. The molecule has 7 aliphatic rings. The second-order valence-electron chi connectivity index (χ2n) is 36.9. The SMILES string of the molecule is CO[C@H]1C[C@@H]2CC[C@@H](C)[C@@](O)(O2)C(=O)C(=O)N2CCCC[C@H]2C(=O)O[C@H]([C@H](C)C[C@@H]2CC[C@@H](O)[C@H](OC)C2)C[C@@H](O)[C@H](C)/C=C(\C)[C@@H](O)[C@@H](OC)C(=NOCC(=O)CCCOCCC(=O)N2CCc3nc(N4CCN(c5ncc(C(=O)N6CCc7cc(Cn8nc(-c9ccc%10oc(N)nc%10c9)c9c(N)ncnc98)ccc7C6)cn5)CC4)ncc3C2)[C@H](C)C[C@H](C)/C=C/C=C/C=C/1C. The van der Waals surface area contributed by atoms with Crippen LogP contribution in [0, 0.1) is 35.5 Å². The second-order valence-corrected chi connectivity index (χ2v) is 36.9. The molecule has 0 spiro atoms. The van der Waals surface area contributed by atoms with E-state index in [2.05, 4.69) is 52.0 Å². The molecule has 4 fully saturated rings. The van der Waals surface area contributed by atoms with Gasteiger partial charge in [0.05, 0.1) is 72.4 Å². The fourth-order valence-electron chi connectivity index (χ4n) is 19.5. The molecule has 7 aromatic rings. The van der Waals surface area contributed by atoms with Gasteiger partial charge < -0.3 is 94.1 Å². The molecule has 11 heterocycles. The molecule has 14 rings (SSSR count). The molecule has 0 unspecified atom stereocenters. The summed E-state index contributed by atoms with van der Waals surface area (Å²) in [5, 5.41) is 57.6. The Kier molecular flexibility index (Phi) is 32.6. The number of methoxy groups -OCH3 is 3. The van der Waals surface area contributed by atoms with E-state index >= 15 is 0 Å². The molecule has 5 aromatic heterocycles. The van der Waals surface area contributed by atoms with E-state index in [1.807, 2.05) is 92.1 Å². The number of nitrogens with zero attached hydrogens (tertiary/aromatic N) is 15. The van der Waals surface area contributed by atoms with Crippen LogP contribution in [0.1, 0.15) is 183 Å². The van der Waals surface area contributed by atoms with Crippen LogP contribution in [0.2, 0.25) is 0 Å². The third kappa shape index (κ3) is 23.3. The largest absolute Gasteiger partial charge is 0.460 e. The van der Waals surface area contributed by atoms with Crippen LogP contribution in [-0.4, -0.2) is 268 Å². The van der Waals surface area contributed by atoms with Gasteiger partial charge in [-0.05, 0) is 155 Å². The molecule has 3 saturated heterocycles. The maximum absolute atomic E-state index is 14.8. The van der Waals surface area contributed by atoms with E-state index in [1.54, 1.807) is 64.4 Å². The molecule has 2 aromatic carbocycles. The Balaban J connectivity index is 0.543. The maximum atomic E-state index is 14.8. The number of ether oxygens (including phenoxy) is 6. The third-order valence-electron chi connectivity index (χ3n) is 27.4. The number of nitrogen functional groups attached to an aromatic ring is 2. The number of oxazole rings is 1. The van der Waals surface area contributed by atoms with Gasteiger partial charge in [-0.15, -0.1) is 0 Å². The van der Waals surface area contributed by atoms with Crippen LogP contribution in [0.3, 0.4) is 0 Å². The fourth-order valence-corrected chi connectivity index (χ4v) is 19.5. The first kappa shape index (κ1) is 97.1. The number of ketones is 2. The highest BCUT2D eigenvalue weighted by atomic mass is 16.6. The number of carbonyl (C=O) groups excluding carboxylic acids is 6. The summed E-state index contributed by atoms with van der Waals surface area (Å²) in [6, 6.07) is 10.7. The van der Waals surface area contributed by atoms with Crippen molar-refractivity contribution in [1.29, 1.82) is 0 Å². The minimum absolute atomic E-state index is 0.0363. The molecule has 8 N–H and O–H groups in total. The smallest absolute Gasteiger partial charge is 0.329 e. The molecule has 1 saturated carbocycles. The van der Waals surface area contributed by atoms with Gasteiger partial charge >= 0.3 is 5.97 Å². The lowest BCUT2D eigenvalue weighted by Gasteiger charge is -2.43. The quantitative estimate of drug-likeness (QED) is 0.0121. The first-order valence-corrected chi connectivity index (χ1v) is 46.6. The molecule has 1 aliphatic carbocycles. The summed E-state index contributed by atoms with van der Waals surface area (Å²) in [5.74, 6) is -6.41. The number of esters is 1. The first-order valence-electron chi connectivity index (χ1n) is 46.6. The number of carbonyl (C=O) groups is 6. The first-order chi connectivity index (χ1) is 63.5. The highest BCUT2D eigenvalue weighted by Crippen LogP contribution is 2.40. The average molecular weight is 1820 g/mol. The number of aromatic nitrogens is 9. The van der Waals surface area contributed by atoms with Crippen molar-refractivity contribution < 1.29 is 86.9 Å². The Hall–Kier alpha value is -10.9. The van der Waals surface area contributed by atoms with Crippen LogP contribution >= 0.6 is 0 Å². The molecular weight excluding hydrogens is 1690 g/mol. The number of allylic oxidation sites excluding steroid dienone is 5. The minimum atomic E-state index is -2.47. The number of benzene rings is 2. The molecule has 0 radical (unpaired) electrons. The number of aliphatic hydroxyl groups excluding tert-OH is 3. The molecule has 35 heteroatoms. The van der Waals surface area contributed by atoms with Crippen LogP contribution in [0.5, 0.6) is 0 Å². The number of hydrogen-bond acceptors (Lipinski definition) is 31. The average Bonchev–Trinajstić information content (AvgIpc) is 1.49. The number of aliphatic hydroxyl groups is 4. The molecule has 16 atom stereocenters. The van der Waals surface area contributed by atoms with Gasteiger partial charge in [-0.25, -0.2) is 39.4 Å². The Morgan fingerprint density at radius 3 is 2.27 bits per heavy atom. The van der Waals surface area contributed by atoms with Gasteiger partial charge in [0.25, 0.3) is 23.6 Å². The topological polar surface area (TPSA) is 450 Å². The lowest BCUT2D eigenvalue weighted by atomic mass is 9.78. The number of nitrogens with two attached hydrogens (primary N) is 2. The van der Waals surface area contributed by atoms with Crippen LogP contribution < -0.4 is 21.3 Å². The number of rotatable bonds is 22. The highest BCUT2D eigenvalue weighted by molar-refractivity contribution is 6.39. The fraction of sp³-hybridized carbons (Fsp3) is 0.577. The zero-order chi connectivity index (χ0) is 93.6. The summed E-state index contributed by atoms with van der Waals surface area (Å²) in [7, 11) is 4.61. The van der Waals surface area contributed by atoms with Gasteiger partial charge in [-0.3, -0.25) is 24.0 Å². The standard InChI is InChI=1S/C97H129N17O18/c1-57-17-12-11-13-18-58(2)79(125-8)47-72-26-21-63(7)97(124,132-72)88(120)92(122)113-32-15-14-20-75(113)93(123)130-80(60(4)43-64-23-27-76(116)81(45-64)126-9)48-77(117)59(3)42-62(6)86(119)87(127-10)84(61(5)41-57)108-129-55-71(115)19-16-39-128-40-31-82(118)111-34-30-73-70(54-111)51-102-96(106-73)110-37-35-109(36-38-110)95-100-49-69(50-101-95)91(121)112-33-29-66-44-65(22-24-68(66)53-112)52-114-90-83(89(98)103-56-104-90)85(107-114)67-25-28-78-74(46-67)105-94(99)131-78/h11-13,17-18,22,24-25,28,42,44,46,49-51,56-57,59-61,63-64,72,75-77,79-81,86-87,116-117,119,124H,14-16,19-21,23,26-27,29-41,43,45,47-48,52-55H2,1-10H3,(H2,99,105)(H2,98,103,104)/b13-11+,17-12+,58-18+,62-42+,108-84?/t57-,59-,60-,61-,63-,64+,72+,75+,76-,77-,79+,80+,81-,86-,87+,97-/m1/s1. The van der Waals surface area contributed by atoms with Crippen molar-refractivity contribution in [2.24, 2.45) is 40.7 Å². The van der Waals surface area contributed by atoms with Gasteiger partial charge in [0.2, 0.25) is 23.6 Å². The van der Waals surface area contributed by atoms with Crippen molar-refractivity contribution >= 4 is 86.8 Å². The Morgan fingerprint density at radius 2 is 1.49 bits per heavy atom. The van der Waals surface area contributed by atoms with Gasteiger partial charge in [0.1, 0.15) is 47.7 Å². The molecule has 6 aliphatic heterocycles. The van der Waals surface area contributed by atoms with Gasteiger partial charge in [-0.2, -0.15) is 10.1 Å². The number of piperazine rings is 1. The van der Waals surface area contributed by atoms with Crippen LogP contribution in [0.25, 0.3) is 33.4 Å². The van der Waals surface area contributed by atoms with Gasteiger partial charge in [-0.1, -0.05) is 94.4 Å². The van der Waals surface area contributed by atoms with Gasteiger partial charge in [0, 0.05) is 160 Å². The summed E-state index contributed by atoms with van der Waals surface area (Å²) in [4.78, 5) is 132. The van der Waals surface area contributed by atoms with E-state index in [0.29, 0.717) is 198 Å². The maximum Gasteiger partial charge on any atom is 0.329 e. The van der Waals surface area contributed by atoms with Crippen molar-refractivity contribution in [2.75, 3.05) is 108 Å². The van der Waals surface area contributed by atoms with Crippen LogP contribution in [0.4, 0.5) is 23.7 Å². The summed E-state index contributed by atoms with van der Waals surface area (Å²) in [6.45, 7) is 17.9. The van der Waals surface area contributed by atoms with E-state index in [-0.39, 0.29) is 112 Å². The highest BCUT2D eigenvalue weighted by Gasteiger charge is 2.53. The van der Waals surface area contributed by atoms with Crippen molar-refractivity contribution in [1.82, 2.24) is 59.4 Å². The Bertz CT molecular complexity index is 5380. The Labute approximate surface area is 769 Å². The van der Waals surface area contributed by atoms with E-state index in [1.165, 1.54) is 18.3 Å². The van der Waals surface area contributed by atoms with Crippen molar-refractivity contribution in [3.63, 3.8) is 0 Å². The number of piperidine rings is 1. The van der Waals surface area contributed by atoms with Crippen LogP contribution in [0.15, 0.2) is 118 Å². The second kappa shape index (κ2) is 44.3. The molecule has 2 bridgehead atoms. The van der Waals surface area contributed by atoms with E-state index < -0.39 is 84.1 Å². The number of amides is 3. The molecule has 132 heavy (non-hydrogen) atoms. The number of anilines is 4. The van der Waals surface area contributed by atoms with Crippen molar-refractivity contribution in [2.45, 2.75) is 238 Å². The predicted octanol–water partition coefficient (Wildman–Crippen LogP) is 9.38. The van der Waals surface area contributed by atoms with Gasteiger partial charge in [0.15, 0.2) is 23.6 Å². The van der Waals surface area contributed by atoms with E-state index in [0.717, 1.165) is 39.1 Å². The lowest BCUT2D eigenvalue weighted by molar-refractivity contribution is -0.265. The number of fused-ring (bicyclic) bond motifs is 7. The predicted molar refractivity (Wildman–Crippen MR) is 493 cm³/mol. The lowest BCUT2D eigenvalue weighted by Crippen LogP contribution is -2.61. The summed E-state index contributed by atoms with van der Waals surface area (Å²) >= 11 is 0. The van der Waals surface area contributed by atoms with Crippen molar-refractivity contribution in [3.8, 4) is 11.3 Å². The number of Topliss-reactive ketones (excluding diaryl/α,β-unsaturated/α-hetero) is 2. The number of hydrogen-bond donors (Lipinski definition) is 6. The minimum Gasteiger partial charge on any atom is -0.460 e.